The third-order valence-corrected chi connectivity index (χ3v) is 4.45. The van der Waals surface area contributed by atoms with E-state index in [2.05, 4.69) is 43.9 Å². The molecule has 3 heteroatoms. The number of nitriles is 1. The monoisotopic (exact) mass is 286 g/mol. The van der Waals surface area contributed by atoms with E-state index in [-0.39, 0.29) is 0 Å². The molecule has 1 heterocycles. The molecule has 0 unspecified atom stereocenters. The summed E-state index contributed by atoms with van der Waals surface area (Å²) in [4.78, 5) is 2.41. The molecule has 2 atom stereocenters. The highest BCUT2D eigenvalue weighted by molar-refractivity contribution is 5.38. The highest BCUT2D eigenvalue weighted by Gasteiger charge is 2.39. The lowest BCUT2D eigenvalue weighted by atomic mass is 9.81. The molecular formula is C18H26N2O. The maximum atomic E-state index is 9.80. The van der Waals surface area contributed by atoms with Crippen LogP contribution in [-0.2, 0) is 16.8 Å². The Balaban J connectivity index is 2.18. The van der Waals surface area contributed by atoms with E-state index >= 15 is 0 Å². The van der Waals surface area contributed by atoms with Crippen LogP contribution in [0.25, 0.3) is 0 Å². The molecule has 0 bridgehead atoms. The van der Waals surface area contributed by atoms with Crippen molar-refractivity contribution < 1.29 is 4.74 Å². The molecule has 0 aromatic heterocycles. The summed E-state index contributed by atoms with van der Waals surface area (Å²) in [7, 11) is 0. The van der Waals surface area contributed by atoms with Crippen LogP contribution in [0.5, 0.6) is 0 Å². The van der Waals surface area contributed by atoms with Crippen molar-refractivity contribution in [3.05, 3.63) is 35.4 Å². The fraction of sp³-hybridized carbons (Fsp3) is 0.611. The highest BCUT2D eigenvalue weighted by atomic mass is 16.5. The largest absolute Gasteiger partial charge is 0.356 e. The van der Waals surface area contributed by atoms with E-state index < -0.39 is 5.60 Å². The van der Waals surface area contributed by atoms with Gasteiger partial charge in [0.2, 0.25) is 0 Å². The zero-order valence-electron chi connectivity index (χ0n) is 13.4. The van der Waals surface area contributed by atoms with E-state index in [1.54, 1.807) is 0 Å². The van der Waals surface area contributed by atoms with Gasteiger partial charge in [0.05, 0.1) is 6.61 Å². The van der Waals surface area contributed by atoms with Gasteiger partial charge in [0.15, 0.2) is 5.60 Å². The standard InChI is InChI=1S/C18H26N2O/c1-4-20(5-2)13-15(3)12-18(14-19)17-9-7-6-8-16(17)10-11-21-18/h6-9,15H,4-5,10-13H2,1-3H3/t15-,18+/m0/s1. The maximum Gasteiger partial charge on any atom is 0.180 e. The minimum atomic E-state index is -0.762. The van der Waals surface area contributed by atoms with Crippen molar-refractivity contribution in [2.45, 2.75) is 39.2 Å². The Hall–Kier alpha value is -1.37. The summed E-state index contributed by atoms with van der Waals surface area (Å²) in [5, 5.41) is 9.80. The van der Waals surface area contributed by atoms with E-state index in [4.69, 9.17) is 4.74 Å². The summed E-state index contributed by atoms with van der Waals surface area (Å²) in [6, 6.07) is 10.7. The second-order valence-corrected chi connectivity index (χ2v) is 5.99. The molecule has 0 saturated heterocycles. The van der Waals surface area contributed by atoms with Gasteiger partial charge in [-0.3, -0.25) is 0 Å². The fourth-order valence-electron chi connectivity index (χ4n) is 3.33. The minimum absolute atomic E-state index is 0.427. The van der Waals surface area contributed by atoms with Gasteiger partial charge in [0.1, 0.15) is 6.07 Å². The number of fused-ring (bicyclic) bond motifs is 1. The SMILES string of the molecule is CCN(CC)C[C@@H](C)C[C@]1(C#N)OCCc2ccccc21. The van der Waals surface area contributed by atoms with Crippen molar-refractivity contribution in [2.75, 3.05) is 26.2 Å². The van der Waals surface area contributed by atoms with Crippen LogP contribution < -0.4 is 0 Å². The summed E-state index contributed by atoms with van der Waals surface area (Å²) in [5.41, 5.74) is 1.58. The van der Waals surface area contributed by atoms with Gasteiger partial charge in [-0.25, -0.2) is 0 Å². The first kappa shape index (κ1) is 16.0. The lowest BCUT2D eigenvalue weighted by molar-refractivity contribution is -0.0341. The van der Waals surface area contributed by atoms with Crippen molar-refractivity contribution >= 4 is 0 Å². The van der Waals surface area contributed by atoms with Crippen LogP contribution in [-0.4, -0.2) is 31.1 Å². The van der Waals surface area contributed by atoms with E-state index in [9.17, 15) is 5.26 Å². The van der Waals surface area contributed by atoms with Crippen molar-refractivity contribution in [2.24, 2.45) is 5.92 Å². The van der Waals surface area contributed by atoms with E-state index in [0.717, 1.165) is 38.0 Å². The second-order valence-electron chi connectivity index (χ2n) is 5.99. The first-order valence-corrected chi connectivity index (χ1v) is 8.01. The Morgan fingerprint density at radius 2 is 2.05 bits per heavy atom. The number of ether oxygens (including phenoxy) is 1. The molecule has 3 nitrogen and oxygen atoms in total. The molecule has 1 aliphatic heterocycles. The van der Waals surface area contributed by atoms with Crippen LogP contribution >= 0.6 is 0 Å². The van der Waals surface area contributed by atoms with Crippen molar-refractivity contribution in [1.82, 2.24) is 4.90 Å². The Morgan fingerprint density at radius 1 is 1.33 bits per heavy atom. The molecule has 21 heavy (non-hydrogen) atoms. The Labute approximate surface area is 128 Å². The Morgan fingerprint density at radius 3 is 2.71 bits per heavy atom. The zero-order chi connectivity index (χ0) is 15.3. The van der Waals surface area contributed by atoms with Gasteiger partial charge in [-0.15, -0.1) is 0 Å². The smallest absolute Gasteiger partial charge is 0.180 e. The summed E-state index contributed by atoms with van der Waals surface area (Å²) in [6.45, 7) is 10.4. The van der Waals surface area contributed by atoms with Crippen LogP contribution in [0.3, 0.4) is 0 Å². The van der Waals surface area contributed by atoms with Gasteiger partial charge < -0.3 is 9.64 Å². The molecule has 114 valence electrons. The summed E-state index contributed by atoms with van der Waals surface area (Å²) in [5.74, 6) is 0.427. The average Bonchev–Trinajstić information content (AvgIpc) is 2.52. The van der Waals surface area contributed by atoms with E-state index in [0.29, 0.717) is 12.5 Å². The Bertz CT molecular complexity index is 504. The molecule has 0 fully saturated rings. The predicted octanol–water partition coefficient (Wildman–Crippen LogP) is 3.35. The van der Waals surface area contributed by atoms with Crippen LogP contribution in [0, 0.1) is 17.2 Å². The van der Waals surface area contributed by atoms with Crippen LogP contribution in [0.15, 0.2) is 24.3 Å². The van der Waals surface area contributed by atoms with Crippen molar-refractivity contribution in [3.8, 4) is 6.07 Å². The lowest BCUT2D eigenvalue weighted by Gasteiger charge is -2.36. The first-order valence-electron chi connectivity index (χ1n) is 8.01. The van der Waals surface area contributed by atoms with Gasteiger partial charge in [0.25, 0.3) is 0 Å². The molecule has 2 rings (SSSR count). The Kier molecular flexibility index (Phi) is 5.39. The van der Waals surface area contributed by atoms with Crippen LogP contribution in [0.1, 0.15) is 38.3 Å². The molecule has 0 saturated carbocycles. The first-order chi connectivity index (χ1) is 10.1. The summed E-state index contributed by atoms with van der Waals surface area (Å²) >= 11 is 0. The maximum absolute atomic E-state index is 9.80. The summed E-state index contributed by atoms with van der Waals surface area (Å²) < 4.78 is 5.98. The number of nitrogens with zero attached hydrogens (tertiary/aromatic N) is 2. The van der Waals surface area contributed by atoms with Gasteiger partial charge >= 0.3 is 0 Å². The minimum Gasteiger partial charge on any atom is -0.356 e. The molecule has 1 aliphatic rings. The van der Waals surface area contributed by atoms with Crippen molar-refractivity contribution in [1.29, 1.82) is 5.26 Å². The lowest BCUT2D eigenvalue weighted by Crippen LogP contribution is -2.38. The van der Waals surface area contributed by atoms with Crippen molar-refractivity contribution in [3.63, 3.8) is 0 Å². The third kappa shape index (κ3) is 3.45. The molecule has 0 N–H and O–H groups in total. The number of rotatable bonds is 6. The second kappa shape index (κ2) is 7.06. The topological polar surface area (TPSA) is 36.3 Å². The van der Waals surface area contributed by atoms with Crippen LogP contribution in [0.4, 0.5) is 0 Å². The van der Waals surface area contributed by atoms with E-state index in [1.165, 1.54) is 5.56 Å². The number of benzene rings is 1. The average molecular weight is 286 g/mol. The molecular weight excluding hydrogens is 260 g/mol. The van der Waals surface area contributed by atoms with Gasteiger partial charge in [-0.05, 0) is 37.4 Å². The molecule has 0 aliphatic carbocycles. The molecule has 0 spiro atoms. The third-order valence-electron chi connectivity index (χ3n) is 4.45. The summed E-state index contributed by atoms with van der Waals surface area (Å²) in [6.07, 6.45) is 1.67. The van der Waals surface area contributed by atoms with Gasteiger partial charge in [0, 0.05) is 12.1 Å². The highest BCUT2D eigenvalue weighted by Crippen LogP contribution is 2.37. The molecule has 1 aromatic carbocycles. The van der Waals surface area contributed by atoms with E-state index in [1.807, 2.05) is 12.1 Å². The molecule has 0 radical (unpaired) electrons. The number of hydrogen-bond donors (Lipinski definition) is 0. The fourth-order valence-corrected chi connectivity index (χ4v) is 3.33. The normalized spacial score (nSPS) is 22.6. The quantitative estimate of drug-likeness (QED) is 0.804. The molecule has 0 amide bonds. The molecule has 1 aromatic rings. The predicted molar refractivity (Wildman–Crippen MR) is 85.0 cm³/mol. The van der Waals surface area contributed by atoms with Gasteiger partial charge in [-0.1, -0.05) is 45.0 Å². The number of hydrogen-bond acceptors (Lipinski definition) is 3. The van der Waals surface area contributed by atoms with Gasteiger partial charge in [-0.2, -0.15) is 5.26 Å². The van der Waals surface area contributed by atoms with Crippen LogP contribution in [0.2, 0.25) is 0 Å². The zero-order valence-corrected chi connectivity index (χ0v) is 13.4.